The molecule has 2 aromatic carbocycles. The maximum absolute atomic E-state index is 4.92. The van der Waals surface area contributed by atoms with Crippen LogP contribution in [0.2, 0.25) is 0 Å². The Kier molecular flexibility index (Phi) is 13.2. The van der Waals surface area contributed by atoms with Gasteiger partial charge in [0.05, 0.1) is 0 Å². The number of hydrogen-bond donors (Lipinski definition) is 0. The monoisotopic (exact) mass is 420 g/mol. The molecule has 0 atom stereocenters. The Bertz CT molecular complexity index is 327. The second-order valence-corrected chi connectivity index (χ2v) is 4.07. The second-order valence-electron chi connectivity index (χ2n) is 4.07. The first-order chi connectivity index (χ1) is 8.86. The van der Waals surface area contributed by atoms with Gasteiger partial charge in [0.15, 0.2) is 0 Å². The fourth-order valence-electron chi connectivity index (χ4n) is 1.60. The summed E-state index contributed by atoms with van der Waals surface area (Å²) in [4.78, 5) is 0. The molecule has 0 amide bonds. The van der Waals surface area contributed by atoms with Crippen LogP contribution >= 0.6 is 0 Å². The smallest absolute Gasteiger partial charge is 0.385 e. The van der Waals surface area contributed by atoms with Gasteiger partial charge in [0.2, 0.25) is 0 Å². The summed E-state index contributed by atoms with van der Waals surface area (Å²) >= 11 is 0. The van der Waals surface area contributed by atoms with Gasteiger partial charge in [-0.2, -0.15) is 35.4 Å². The van der Waals surface area contributed by atoms with Crippen molar-refractivity contribution < 1.29 is 56.4 Å². The van der Waals surface area contributed by atoms with Crippen LogP contribution in [-0.2, 0) is 22.3 Å². The van der Waals surface area contributed by atoms with E-state index in [-0.39, 0.29) is 46.9 Å². The molecule has 2 aromatic rings. The average molecular weight is 419 g/mol. The van der Waals surface area contributed by atoms with E-state index in [0.717, 1.165) is 26.1 Å². The Morgan fingerprint density at radius 3 is 1.26 bits per heavy atom. The van der Waals surface area contributed by atoms with Crippen LogP contribution in [0.15, 0.2) is 48.5 Å². The molecule has 0 aliphatic carbocycles. The molecule has 0 aromatic heterocycles. The summed E-state index contributed by atoms with van der Waals surface area (Å²) in [7, 11) is 3.45. The summed E-state index contributed by atoms with van der Waals surface area (Å²) in [6.07, 6.45) is 2.06. The van der Waals surface area contributed by atoms with Crippen molar-refractivity contribution in [2.24, 2.45) is 0 Å². The van der Waals surface area contributed by atoms with Crippen LogP contribution in [0.4, 0.5) is 0 Å². The van der Waals surface area contributed by atoms with Gasteiger partial charge in [-0.1, -0.05) is 12.8 Å². The molecule has 3 heteroatoms. The quantitative estimate of drug-likeness (QED) is 0.670. The van der Waals surface area contributed by atoms with Crippen molar-refractivity contribution in [2.75, 3.05) is 27.4 Å². The molecule has 0 saturated heterocycles. The van der Waals surface area contributed by atoms with Crippen molar-refractivity contribution in [2.45, 2.75) is 12.8 Å². The van der Waals surface area contributed by atoms with Gasteiger partial charge < -0.3 is 9.47 Å². The summed E-state index contributed by atoms with van der Waals surface area (Å²) in [6.45, 7) is 1.65. The first-order valence-corrected chi connectivity index (χ1v) is 6.26. The van der Waals surface area contributed by atoms with Crippen LogP contribution < -0.4 is 0 Å². The molecule has 0 bridgehead atoms. The molecular formula is C16H22O2Yb. The van der Waals surface area contributed by atoms with E-state index in [1.165, 1.54) is 11.1 Å². The van der Waals surface area contributed by atoms with Crippen molar-refractivity contribution >= 4 is 0 Å². The molecule has 0 saturated carbocycles. The number of methoxy groups -OCH3 is 2. The van der Waals surface area contributed by atoms with Gasteiger partial charge in [0.1, 0.15) is 0 Å². The van der Waals surface area contributed by atoms with Crippen LogP contribution in [0.3, 0.4) is 0 Å². The number of rotatable bonds is 6. The van der Waals surface area contributed by atoms with Gasteiger partial charge in [0, 0.05) is 27.4 Å². The summed E-state index contributed by atoms with van der Waals surface area (Å²) in [6, 6.07) is 16.6. The average Bonchev–Trinajstić information content (AvgIpc) is 3.07. The molecular weight excluding hydrogens is 397 g/mol. The van der Waals surface area contributed by atoms with E-state index in [1.807, 2.05) is 24.3 Å². The molecule has 0 radical (unpaired) electrons. The minimum absolute atomic E-state index is 0. The maximum atomic E-state index is 4.92. The van der Waals surface area contributed by atoms with Crippen molar-refractivity contribution in [1.82, 2.24) is 0 Å². The topological polar surface area (TPSA) is 18.5 Å². The predicted octanol–water partition coefficient (Wildman–Crippen LogP) is 3.19. The predicted molar refractivity (Wildman–Crippen MR) is 75.2 cm³/mol. The Balaban J connectivity index is 0.000000324. The van der Waals surface area contributed by atoms with E-state index in [1.54, 1.807) is 14.2 Å². The number of hydrogen-bond acceptors (Lipinski definition) is 2. The molecule has 2 nitrogen and oxygen atoms in total. The Morgan fingerprint density at radius 2 is 1.00 bits per heavy atom. The maximum Gasteiger partial charge on any atom is 2.00 e. The normalized spacial score (nSPS) is 9.37. The Hall–Kier alpha value is 0.139. The van der Waals surface area contributed by atoms with Crippen LogP contribution in [0, 0.1) is 46.9 Å². The zero-order chi connectivity index (χ0) is 13.1. The van der Waals surface area contributed by atoms with Crippen LogP contribution in [-0.4, -0.2) is 27.4 Å². The molecule has 0 aliphatic heterocycles. The van der Waals surface area contributed by atoms with Crippen molar-refractivity contribution in [3.8, 4) is 0 Å². The Labute approximate surface area is 155 Å². The van der Waals surface area contributed by atoms with Gasteiger partial charge >= 0.3 is 46.9 Å². The minimum Gasteiger partial charge on any atom is -0.385 e. The second kappa shape index (κ2) is 13.1. The summed E-state index contributed by atoms with van der Waals surface area (Å²) < 4.78 is 9.83. The molecule has 0 aliphatic rings. The van der Waals surface area contributed by atoms with Crippen LogP contribution in [0.25, 0.3) is 0 Å². The zero-order valence-corrected chi connectivity index (χ0v) is 13.2. The first kappa shape index (κ1) is 19.1. The van der Waals surface area contributed by atoms with E-state index >= 15 is 0 Å². The van der Waals surface area contributed by atoms with Crippen molar-refractivity contribution in [3.63, 3.8) is 0 Å². The van der Waals surface area contributed by atoms with E-state index < -0.39 is 0 Å². The first-order valence-electron chi connectivity index (χ1n) is 6.26. The molecule has 0 spiro atoms. The summed E-state index contributed by atoms with van der Waals surface area (Å²) in [5, 5.41) is 0. The van der Waals surface area contributed by atoms with Gasteiger partial charge in [-0.3, -0.25) is 0 Å². The van der Waals surface area contributed by atoms with Gasteiger partial charge in [0.25, 0.3) is 0 Å². The zero-order valence-electron chi connectivity index (χ0n) is 11.5. The largest absolute Gasteiger partial charge is 2.00 e. The third-order valence-electron chi connectivity index (χ3n) is 2.65. The minimum atomic E-state index is 0. The SMILES string of the molecule is COCC[c-]1cccc1.COCC[c-]1cccc1.[Yb+2]. The van der Waals surface area contributed by atoms with E-state index in [9.17, 15) is 0 Å². The standard InChI is InChI=1S/2C8H11O.Yb/c2*1-9-7-6-8-4-2-3-5-8;/h2*2-5H,6-7H2,1H3;/q2*-1;+2. The van der Waals surface area contributed by atoms with Crippen LogP contribution in [0.1, 0.15) is 11.1 Å². The Morgan fingerprint density at radius 1 is 0.684 bits per heavy atom. The third-order valence-corrected chi connectivity index (χ3v) is 2.65. The van der Waals surface area contributed by atoms with E-state index in [0.29, 0.717) is 0 Å². The van der Waals surface area contributed by atoms with Crippen molar-refractivity contribution in [3.05, 3.63) is 59.7 Å². The van der Waals surface area contributed by atoms with Gasteiger partial charge in [-0.15, -0.1) is 0 Å². The molecule has 0 fully saturated rings. The van der Waals surface area contributed by atoms with Crippen molar-refractivity contribution in [1.29, 1.82) is 0 Å². The molecule has 0 unspecified atom stereocenters. The van der Waals surface area contributed by atoms with Gasteiger partial charge in [-0.25, -0.2) is 24.3 Å². The van der Waals surface area contributed by atoms with Gasteiger partial charge in [-0.05, 0) is 0 Å². The number of ether oxygens (including phenoxy) is 2. The van der Waals surface area contributed by atoms with E-state index in [2.05, 4.69) is 24.3 Å². The third kappa shape index (κ3) is 9.64. The molecule has 0 heterocycles. The molecule has 0 N–H and O–H groups in total. The summed E-state index contributed by atoms with van der Waals surface area (Å²) in [5.74, 6) is 0. The van der Waals surface area contributed by atoms with Crippen LogP contribution in [0.5, 0.6) is 0 Å². The molecule has 2 rings (SSSR count). The van der Waals surface area contributed by atoms with E-state index in [4.69, 9.17) is 9.47 Å². The fourth-order valence-corrected chi connectivity index (χ4v) is 1.60. The summed E-state index contributed by atoms with van der Waals surface area (Å²) in [5.41, 5.74) is 2.72. The molecule has 112 valence electrons. The molecule has 19 heavy (non-hydrogen) atoms. The fraction of sp³-hybridized carbons (Fsp3) is 0.375.